The highest BCUT2D eigenvalue weighted by Gasteiger charge is 2.18. The monoisotopic (exact) mass is 301 g/mol. The third-order valence-electron chi connectivity index (χ3n) is 3.12. The third kappa shape index (κ3) is 3.52. The van der Waals surface area contributed by atoms with Gasteiger partial charge in [-0.15, -0.1) is 0 Å². The Morgan fingerprint density at radius 2 is 1.95 bits per heavy atom. The Kier molecular flexibility index (Phi) is 4.93. The number of carbonyl (C=O) groups is 2. The molecule has 1 N–H and O–H groups in total. The molecule has 0 unspecified atom stereocenters. The number of ether oxygens (including phenoxy) is 1. The maximum Gasteiger partial charge on any atom is 0.327 e. The molecule has 2 aromatic rings. The zero-order valence-corrected chi connectivity index (χ0v) is 12.9. The number of aromatic nitrogens is 2. The van der Waals surface area contributed by atoms with Gasteiger partial charge in [-0.2, -0.15) is 5.10 Å². The topological polar surface area (TPSA) is 73.2 Å². The van der Waals surface area contributed by atoms with E-state index < -0.39 is 5.97 Å². The molecule has 0 fully saturated rings. The predicted molar refractivity (Wildman–Crippen MR) is 83.3 cm³/mol. The normalized spacial score (nSPS) is 10.3. The lowest BCUT2D eigenvalue weighted by Gasteiger charge is -2.07. The van der Waals surface area contributed by atoms with Gasteiger partial charge in [-0.1, -0.05) is 30.3 Å². The minimum Gasteiger partial charge on any atom is -0.465 e. The van der Waals surface area contributed by atoms with Gasteiger partial charge in [0.25, 0.3) is 0 Å². The van der Waals surface area contributed by atoms with E-state index in [-0.39, 0.29) is 12.5 Å². The molecule has 0 aliphatic rings. The minimum absolute atomic E-state index is 0.0445. The summed E-state index contributed by atoms with van der Waals surface area (Å²) in [5.74, 6) is -0.0941. The van der Waals surface area contributed by atoms with Gasteiger partial charge >= 0.3 is 5.97 Å². The van der Waals surface area contributed by atoms with E-state index in [9.17, 15) is 9.59 Å². The second kappa shape index (κ2) is 6.89. The maximum atomic E-state index is 11.7. The summed E-state index contributed by atoms with van der Waals surface area (Å²) in [6, 6.07) is 9.61. The molecule has 22 heavy (non-hydrogen) atoms. The van der Waals surface area contributed by atoms with Gasteiger partial charge in [-0.3, -0.25) is 9.59 Å². The number of esters is 1. The molecule has 1 heterocycles. The van der Waals surface area contributed by atoms with E-state index in [4.69, 9.17) is 4.74 Å². The molecule has 0 aliphatic carbocycles. The molecule has 0 spiro atoms. The highest BCUT2D eigenvalue weighted by atomic mass is 16.5. The standard InChI is InChI=1S/C16H19N3O3/c1-4-22-14(21)10-19-16(17-12(3)20)11(2)15(18-19)13-8-6-5-7-9-13/h5-9H,4,10H2,1-3H3,(H,17,20). The molecule has 0 bridgehead atoms. The van der Waals surface area contributed by atoms with Crippen LogP contribution in [0.4, 0.5) is 5.82 Å². The summed E-state index contributed by atoms with van der Waals surface area (Å²) in [6.07, 6.45) is 0. The third-order valence-corrected chi connectivity index (χ3v) is 3.12. The van der Waals surface area contributed by atoms with Crippen LogP contribution in [0.3, 0.4) is 0 Å². The average molecular weight is 301 g/mol. The second-order valence-corrected chi connectivity index (χ2v) is 4.83. The first kappa shape index (κ1) is 15.8. The van der Waals surface area contributed by atoms with Crippen molar-refractivity contribution in [2.75, 3.05) is 11.9 Å². The lowest BCUT2D eigenvalue weighted by molar-refractivity contribution is -0.144. The van der Waals surface area contributed by atoms with Gasteiger partial charge in [-0.05, 0) is 13.8 Å². The van der Waals surface area contributed by atoms with Gasteiger partial charge in [0.15, 0.2) is 0 Å². The Balaban J connectivity index is 2.43. The first-order chi connectivity index (χ1) is 10.5. The van der Waals surface area contributed by atoms with Crippen LogP contribution >= 0.6 is 0 Å². The Morgan fingerprint density at radius 3 is 2.55 bits per heavy atom. The number of nitrogens with zero attached hydrogens (tertiary/aromatic N) is 2. The average Bonchev–Trinajstić information content (AvgIpc) is 2.77. The lowest BCUT2D eigenvalue weighted by Crippen LogP contribution is -2.18. The van der Waals surface area contributed by atoms with Crippen molar-refractivity contribution in [3.8, 4) is 11.3 Å². The Morgan fingerprint density at radius 1 is 1.27 bits per heavy atom. The number of rotatable bonds is 5. The molecule has 0 saturated heterocycles. The van der Waals surface area contributed by atoms with Crippen molar-refractivity contribution < 1.29 is 14.3 Å². The molecule has 0 aliphatic heterocycles. The van der Waals surface area contributed by atoms with E-state index in [1.165, 1.54) is 11.6 Å². The van der Waals surface area contributed by atoms with E-state index in [0.29, 0.717) is 12.4 Å². The Labute approximate surface area is 129 Å². The molecule has 1 aromatic carbocycles. The predicted octanol–water partition coefficient (Wildman–Crippen LogP) is 2.38. The smallest absolute Gasteiger partial charge is 0.327 e. The van der Waals surface area contributed by atoms with Crippen LogP contribution in [-0.2, 0) is 20.9 Å². The molecule has 6 heteroatoms. The van der Waals surface area contributed by atoms with Crippen LogP contribution in [-0.4, -0.2) is 28.3 Å². The van der Waals surface area contributed by atoms with Crippen molar-refractivity contribution in [2.45, 2.75) is 27.3 Å². The van der Waals surface area contributed by atoms with Crippen LogP contribution in [0.15, 0.2) is 30.3 Å². The molecule has 0 radical (unpaired) electrons. The van der Waals surface area contributed by atoms with Crippen molar-refractivity contribution >= 4 is 17.7 Å². The van der Waals surface area contributed by atoms with Gasteiger partial charge in [0.1, 0.15) is 12.4 Å². The quantitative estimate of drug-likeness (QED) is 0.861. The van der Waals surface area contributed by atoms with E-state index >= 15 is 0 Å². The number of amides is 1. The van der Waals surface area contributed by atoms with E-state index in [1.807, 2.05) is 37.3 Å². The molecule has 2 rings (SSSR count). The summed E-state index contributed by atoms with van der Waals surface area (Å²) in [6.45, 7) is 5.29. The van der Waals surface area contributed by atoms with Crippen LogP contribution in [0.25, 0.3) is 11.3 Å². The molecule has 116 valence electrons. The summed E-state index contributed by atoms with van der Waals surface area (Å²) in [5, 5.41) is 7.19. The van der Waals surface area contributed by atoms with Gasteiger partial charge in [0.05, 0.1) is 12.3 Å². The Hall–Kier alpha value is -2.63. The fraction of sp³-hybridized carbons (Fsp3) is 0.312. The number of hydrogen-bond donors (Lipinski definition) is 1. The highest BCUT2D eigenvalue weighted by molar-refractivity contribution is 5.90. The number of anilines is 1. The lowest BCUT2D eigenvalue weighted by atomic mass is 10.1. The van der Waals surface area contributed by atoms with Crippen LogP contribution in [0.5, 0.6) is 0 Å². The number of carbonyl (C=O) groups excluding carboxylic acids is 2. The van der Waals surface area contributed by atoms with Crippen molar-refractivity contribution in [1.29, 1.82) is 0 Å². The van der Waals surface area contributed by atoms with Crippen molar-refractivity contribution in [1.82, 2.24) is 9.78 Å². The molecular weight excluding hydrogens is 282 g/mol. The zero-order chi connectivity index (χ0) is 16.1. The van der Waals surface area contributed by atoms with Crippen LogP contribution < -0.4 is 5.32 Å². The second-order valence-electron chi connectivity index (χ2n) is 4.83. The van der Waals surface area contributed by atoms with E-state index in [0.717, 1.165) is 16.8 Å². The molecule has 0 atom stereocenters. The number of hydrogen-bond acceptors (Lipinski definition) is 4. The Bertz CT molecular complexity index is 677. The SMILES string of the molecule is CCOC(=O)Cn1nc(-c2ccccc2)c(C)c1NC(C)=O. The van der Waals surface area contributed by atoms with Crippen molar-refractivity contribution in [3.05, 3.63) is 35.9 Å². The summed E-state index contributed by atoms with van der Waals surface area (Å²) in [5.41, 5.74) is 2.47. The van der Waals surface area contributed by atoms with Crippen LogP contribution in [0.1, 0.15) is 19.4 Å². The zero-order valence-electron chi connectivity index (χ0n) is 12.9. The summed E-state index contributed by atoms with van der Waals surface area (Å²) in [4.78, 5) is 23.1. The molecule has 6 nitrogen and oxygen atoms in total. The van der Waals surface area contributed by atoms with Crippen molar-refractivity contribution in [2.24, 2.45) is 0 Å². The maximum absolute atomic E-state index is 11.7. The van der Waals surface area contributed by atoms with Crippen molar-refractivity contribution in [3.63, 3.8) is 0 Å². The highest BCUT2D eigenvalue weighted by Crippen LogP contribution is 2.28. The molecular formula is C16H19N3O3. The first-order valence-electron chi connectivity index (χ1n) is 7.09. The van der Waals surface area contributed by atoms with Gasteiger partial charge < -0.3 is 10.1 Å². The fourth-order valence-corrected chi connectivity index (χ4v) is 2.19. The van der Waals surface area contributed by atoms with Crippen LogP contribution in [0.2, 0.25) is 0 Å². The van der Waals surface area contributed by atoms with Gasteiger partial charge in [0, 0.05) is 18.1 Å². The summed E-state index contributed by atoms with van der Waals surface area (Å²) in [7, 11) is 0. The largest absolute Gasteiger partial charge is 0.465 e. The first-order valence-corrected chi connectivity index (χ1v) is 7.09. The van der Waals surface area contributed by atoms with Gasteiger partial charge in [-0.25, -0.2) is 4.68 Å². The molecule has 1 aromatic heterocycles. The van der Waals surface area contributed by atoms with Crippen LogP contribution in [0, 0.1) is 6.92 Å². The number of benzene rings is 1. The van der Waals surface area contributed by atoms with E-state index in [1.54, 1.807) is 6.92 Å². The minimum atomic E-state index is -0.392. The molecule has 1 amide bonds. The summed E-state index contributed by atoms with van der Waals surface area (Å²) < 4.78 is 6.42. The number of nitrogens with one attached hydrogen (secondary N) is 1. The molecule has 0 saturated carbocycles. The van der Waals surface area contributed by atoms with E-state index in [2.05, 4.69) is 10.4 Å². The van der Waals surface area contributed by atoms with Gasteiger partial charge in [0.2, 0.25) is 5.91 Å². The fourth-order valence-electron chi connectivity index (χ4n) is 2.19. The summed E-state index contributed by atoms with van der Waals surface area (Å²) >= 11 is 0.